The second kappa shape index (κ2) is 7.23. The SMILES string of the molecule is N#Cc1ccc(F)c(C(=O)c2cnc(NCc3cncnc3)nc2)c1. The molecule has 1 aromatic carbocycles. The van der Waals surface area contributed by atoms with Gasteiger partial charge in [0.15, 0.2) is 5.78 Å². The molecule has 0 saturated carbocycles. The molecule has 0 radical (unpaired) electrons. The zero-order valence-electron chi connectivity index (χ0n) is 12.8. The third-order valence-electron chi connectivity index (χ3n) is 3.32. The molecule has 3 aromatic rings. The molecule has 8 heteroatoms. The maximum absolute atomic E-state index is 13.8. The van der Waals surface area contributed by atoms with E-state index in [1.165, 1.54) is 30.9 Å². The van der Waals surface area contributed by atoms with Crippen LogP contribution in [0.5, 0.6) is 0 Å². The van der Waals surface area contributed by atoms with Crippen molar-refractivity contribution in [2.24, 2.45) is 0 Å². The van der Waals surface area contributed by atoms with E-state index in [0.717, 1.165) is 11.6 Å². The van der Waals surface area contributed by atoms with Crippen molar-refractivity contribution in [1.29, 1.82) is 5.26 Å². The third-order valence-corrected chi connectivity index (χ3v) is 3.32. The number of aromatic nitrogens is 4. The van der Waals surface area contributed by atoms with Gasteiger partial charge in [-0.15, -0.1) is 0 Å². The first kappa shape index (κ1) is 16.1. The summed E-state index contributed by atoms with van der Waals surface area (Å²) in [7, 11) is 0. The van der Waals surface area contributed by atoms with Crippen molar-refractivity contribution in [3.05, 3.63) is 77.4 Å². The molecular formula is C17H11FN6O. The molecule has 0 atom stereocenters. The van der Waals surface area contributed by atoms with Gasteiger partial charge in [0, 0.05) is 36.9 Å². The van der Waals surface area contributed by atoms with Crippen molar-refractivity contribution < 1.29 is 9.18 Å². The molecule has 0 saturated heterocycles. The second-order valence-corrected chi connectivity index (χ2v) is 5.03. The van der Waals surface area contributed by atoms with E-state index in [1.807, 2.05) is 6.07 Å². The first-order chi connectivity index (χ1) is 12.2. The first-order valence-electron chi connectivity index (χ1n) is 7.21. The van der Waals surface area contributed by atoms with E-state index in [2.05, 4.69) is 25.3 Å². The van der Waals surface area contributed by atoms with Crippen LogP contribution in [0.15, 0.2) is 49.3 Å². The molecule has 0 aliphatic rings. The Kier molecular flexibility index (Phi) is 4.67. The third kappa shape index (κ3) is 3.79. The number of anilines is 1. The van der Waals surface area contributed by atoms with E-state index in [0.29, 0.717) is 12.5 Å². The molecule has 0 bridgehead atoms. The van der Waals surface area contributed by atoms with Gasteiger partial charge in [0.2, 0.25) is 5.95 Å². The number of nitriles is 1. The topological polar surface area (TPSA) is 104 Å². The van der Waals surface area contributed by atoms with E-state index in [1.54, 1.807) is 12.4 Å². The van der Waals surface area contributed by atoms with Gasteiger partial charge in [-0.3, -0.25) is 4.79 Å². The fourth-order valence-electron chi connectivity index (χ4n) is 2.06. The minimum atomic E-state index is -0.699. The Bertz CT molecular complexity index is 938. The van der Waals surface area contributed by atoms with E-state index in [9.17, 15) is 9.18 Å². The Hall–Kier alpha value is -3.73. The van der Waals surface area contributed by atoms with Crippen LogP contribution in [0.4, 0.5) is 10.3 Å². The summed E-state index contributed by atoms with van der Waals surface area (Å²) < 4.78 is 13.8. The molecule has 3 rings (SSSR count). The Morgan fingerprint density at radius 1 is 1.16 bits per heavy atom. The van der Waals surface area contributed by atoms with Crippen LogP contribution in [-0.4, -0.2) is 25.7 Å². The summed E-state index contributed by atoms with van der Waals surface area (Å²) in [5, 5.41) is 11.8. The summed E-state index contributed by atoms with van der Waals surface area (Å²) in [6.07, 6.45) is 7.35. The lowest BCUT2D eigenvalue weighted by atomic mass is 10.0. The Balaban J connectivity index is 1.74. The molecule has 0 aliphatic carbocycles. The average molecular weight is 334 g/mol. The standard InChI is InChI=1S/C17H11FN6O/c18-15-2-1-11(4-19)3-14(15)16(25)13-8-23-17(24-9-13)22-7-12-5-20-10-21-6-12/h1-3,5-6,8-10H,7H2,(H,22,23,24). The maximum Gasteiger partial charge on any atom is 0.222 e. The van der Waals surface area contributed by atoms with Crippen molar-refractivity contribution in [3.63, 3.8) is 0 Å². The smallest absolute Gasteiger partial charge is 0.222 e. The summed E-state index contributed by atoms with van der Waals surface area (Å²) >= 11 is 0. The Morgan fingerprint density at radius 3 is 2.56 bits per heavy atom. The van der Waals surface area contributed by atoms with Crippen LogP contribution in [0.1, 0.15) is 27.0 Å². The molecule has 0 unspecified atom stereocenters. The number of nitrogens with one attached hydrogen (secondary N) is 1. The minimum Gasteiger partial charge on any atom is -0.350 e. The number of halogens is 1. The number of carbonyl (C=O) groups excluding carboxylic acids is 1. The summed E-state index contributed by atoms with van der Waals surface area (Å²) in [4.78, 5) is 28.2. The lowest BCUT2D eigenvalue weighted by molar-refractivity contribution is 0.103. The predicted octanol–water partition coefficient (Wildman–Crippen LogP) is 2.12. The summed E-state index contributed by atoms with van der Waals surface area (Å²) in [5.74, 6) is -0.973. The van der Waals surface area contributed by atoms with Gasteiger partial charge in [0.1, 0.15) is 12.1 Å². The van der Waals surface area contributed by atoms with E-state index in [-0.39, 0.29) is 16.7 Å². The normalized spacial score (nSPS) is 10.1. The number of rotatable bonds is 5. The van der Waals surface area contributed by atoms with Crippen molar-refractivity contribution in [2.75, 3.05) is 5.32 Å². The summed E-state index contributed by atoms with van der Waals surface area (Å²) in [6.45, 7) is 0.424. The molecule has 0 aliphatic heterocycles. The van der Waals surface area contributed by atoms with Crippen LogP contribution in [0.3, 0.4) is 0 Å². The highest BCUT2D eigenvalue weighted by atomic mass is 19.1. The molecule has 1 N–H and O–H groups in total. The number of ketones is 1. The van der Waals surface area contributed by atoms with E-state index in [4.69, 9.17) is 5.26 Å². The van der Waals surface area contributed by atoms with Gasteiger partial charge >= 0.3 is 0 Å². The van der Waals surface area contributed by atoms with Gasteiger partial charge in [-0.2, -0.15) is 5.26 Å². The summed E-state index contributed by atoms with van der Waals surface area (Å²) in [6, 6.07) is 5.48. The molecule has 0 spiro atoms. The van der Waals surface area contributed by atoms with Gasteiger partial charge < -0.3 is 5.32 Å². The Labute approximate surface area is 142 Å². The zero-order valence-corrected chi connectivity index (χ0v) is 12.8. The largest absolute Gasteiger partial charge is 0.350 e. The summed E-state index contributed by atoms with van der Waals surface area (Å²) in [5.41, 5.74) is 0.989. The fraction of sp³-hybridized carbons (Fsp3) is 0.0588. The number of hydrogen-bond acceptors (Lipinski definition) is 7. The lowest BCUT2D eigenvalue weighted by Crippen LogP contribution is -2.08. The molecule has 0 fully saturated rings. The zero-order chi connectivity index (χ0) is 17.6. The molecule has 2 heterocycles. The van der Waals surface area contributed by atoms with Gasteiger partial charge in [-0.05, 0) is 18.2 Å². The van der Waals surface area contributed by atoms with Gasteiger partial charge in [0.05, 0.1) is 22.8 Å². The average Bonchev–Trinajstić information content (AvgIpc) is 2.67. The van der Waals surface area contributed by atoms with Crippen LogP contribution in [0, 0.1) is 17.1 Å². The second-order valence-electron chi connectivity index (χ2n) is 5.03. The highest BCUT2D eigenvalue weighted by molar-refractivity contribution is 6.09. The van der Waals surface area contributed by atoms with Crippen molar-refractivity contribution in [2.45, 2.75) is 6.54 Å². The van der Waals surface area contributed by atoms with Crippen molar-refractivity contribution >= 4 is 11.7 Å². The van der Waals surface area contributed by atoms with Crippen LogP contribution in [0.2, 0.25) is 0 Å². The molecule has 0 amide bonds. The first-order valence-corrected chi connectivity index (χ1v) is 7.21. The highest BCUT2D eigenvalue weighted by Gasteiger charge is 2.15. The van der Waals surface area contributed by atoms with Crippen LogP contribution < -0.4 is 5.32 Å². The van der Waals surface area contributed by atoms with E-state index < -0.39 is 11.6 Å². The quantitative estimate of drug-likeness (QED) is 0.713. The maximum atomic E-state index is 13.8. The lowest BCUT2D eigenvalue weighted by Gasteiger charge is -2.06. The molecule has 25 heavy (non-hydrogen) atoms. The Morgan fingerprint density at radius 2 is 1.88 bits per heavy atom. The van der Waals surface area contributed by atoms with Crippen molar-refractivity contribution in [3.8, 4) is 6.07 Å². The van der Waals surface area contributed by atoms with E-state index >= 15 is 0 Å². The molecule has 122 valence electrons. The van der Waals surface area contributed by atoms with Crippen LogP contribution >= 0.6 is 0 Å². The number of hydrogen-bond donors (Lipinski definition) is 1. The molecular weight excluding hydrogens is 323 g/mol. The fourth-order valence-corrected chi connectivity index (χ4v) is 2.06. The number of benzene rings is 1. The van der Waals surface area contributed by atoms with Gasteiger partial charge in [0.25, 0.3) is 0 Å². The highest BCUT2D eigenvalue weighted by Crippen LogP contribution is 2.15. The molecule has 7 nitrogen and oxygen atoms in total. The van der Waals surface area contributed by atoms with Gasteiger partial charge in [-0.1, -0.05) is 0 Å². The van der Waals surface area contributed by atoms with Crippen LogP contribution in [-0.2, 0) is 6.54 Å². The van der Waals surface area contributed by atoms with Crippen LogP contribution in [0.25, 0.3) is 0 Å². The number of nitrogens with zero attached hydrogens (tertiary/aromatic N) is 5. The monoisotopic (exact) mass is 334 g/mol. The predicted molar refractivity (Wildman–Crippen MR) is 85.9 cm³/mol. The van der Waals surface area contributed by atoms with Crippen molar-refractivity contribution in [1.82, 2.24) is 19.9 Å². The minimum absolute atomic E-state index is 0.127. The number of carbonyl (C=O) groups is 1. The molecule has 2 aromatic heterocycles. The van der Waals surface area contributed by atoms with Gasteiger partial charge in [-0.25, -0.2) is 24.3 Å².